The molecule has 2 fully saturated rings. The number of rotatable bonds is 3. The van der Waals surface area contributed by atoms with Crippen molar-refractivity contribution in [1.82, 2.24) is 5.32 Å². The van der Waals surface area contributed by atoms with Gasteiger partial charge >= 0.3 is 0 Å². The number of hydrogen-bond acceptors (Lipinski definition) is 2. The Kier molecular flexibility index (Phi) is 4.04. The topological polar surface area (TPSA) is 21.3 Å². The van der Waals surface area contributed by atoms with Gasteiger partial charge in [-0.15, -0.1) is 0 Å². The van der Waals surface area contributed by atoms with Crippen LogP contribution < -0.4 is 5.32 Å². The van der Waals surface area contributed by atoms with Crippen LogP contribution in [0.25, 0.3) is 0 Å². The first-order valence-electron chi connectivity index (χ1n) is 6.60. The van der Waals surface area contributed by atoms with Crippen LogP contribution in [-0.4, -0.2) is 25.8 Å². The Labute approximate surface area is 93.8 Å². The molecular formula is C13H25NO. The largest absolute Gasteiger partial charge is 0.377 e. The first-order chi connectivity index (χ1) is 7.35. The van der Waals surface area contributed by atoms with Crippen LogP contribution >= 0.6 is 0 Å². The maximum absolute atomic E-state index is 5.78. The quantitative estimate of drug-likeness (QED) is 0.725. The van der Waals surface area contributed by atoms with E-state index in [4.69, 9.17) is 4.74 Å². The van der Waals surface area contributed by atoms with Crippen molar-refractivity contribution in [2.45, 2.75) is 57.0 Å². The third kappa shape index (κ3) is 2.94. The summed E-state index contributed by atoms with van der Waals surface area (Å²) in [7, 11) is 1.89. The van der Waals surface area contributed by atoms with Gasteiger partial charge in [-0.25, -0.2) is 0 Å². The van der Waals surface area contributed by atoms with Crippen LogP contribution in [0.2, 0.25) is 0 Å². The van der Waals surface area contributed by atoms with Gasteiger partial charge in [-0.3, -0.25) is 0 Å². The lowest BCUT2D eigenvalue weighted by Crippen LogP contribution is -2.36. The zero-order valence-corrected chi connectivity index (χ0v) is 10.1. The van der Waals surface area contributed by atoms with Gasteiger partial charge < -0.3 is 10.1 Å². The Morgan fingerprint density at radius 3 is 2.47 bits per heavy atom. The Balaban J connectivity index is 1.87. The van der Waals surface area contributed by atoms with Crippen molar-refractivity contribution < 1.29 is 4.74 Å². The second-order valence-corrected chi connectivity index (χ2v) is 5.38. The number of methoxy groups -OCH3 is 1. The highest BCUT2D eigenvalue weighted by Gasteiger charge is 2.35. The van der Waals surface area contributed by atoms with Crippen LogP contribution in [0, 0.1) is 5.92 Å². The lowest BCUT2D eigenvalue weighted by Gasteiger charge is -2.30. The van der Waals surface area contributed by atoms with E-state index >= 15 is 0 Å². The molecule has 2 heteroatoms. The fourth-order valence-electron chi connectivity index (χ4n) is 3.25. The fourth-order valence-corrected chi connectivity index (χ4v) is 3.25. The van der Waals surface area contributed by atoms with E-state index in [0.717, 1.165) is 19.0 Å². The molecule has 2 nitrogen and oxygen atoms in total. The minimum Gasteiger partial charge on any atom is -0.377 e. The van der Waals surface area contributed by atoms with E-state index in [2.05, 4.69) is 5.32 Å². The van der Waals surface area contributed by atoms with E-state index in [1.807, 2.05) is 7.11 Å². The van der Waals surface area contributed by atoms with Crippen molar-refractivity contribution in [2.24, 2.45) is 5.92 Å². The van der Waals surface area contributed by atoms with Crippen molar-refractivity contribution >= 4 is 0 Å². The van der Waals surface area contributed by atoms with Gasteiger partial charge in [0, 0.05) is 13.7 Å². The van der Waals surface area contributed by atoms with Crippen molar-refractivity contribution in [3.63, 3.8) is 0 Å². The Morgan fingerprint density at radius 2 is 1.93 bits per heavy atom. The molecule has 1 heterocycles. The molecule has 1 aliphatic heterocycles. The molecule has 1 atom stereocenters. The molecule has 0 spiro atoms. The van der Waals surface area contributed by atoms with Crippen LogP contribution in [0.5, 0.6) is 0 Å². The monoisotopic (exact) mass is 211 g/mol. The van der Waals surface area contributed by atoms with Gasteiger partial charge in [0.25, 0.3) is 0 Å². The molecule has 0 radical (unpaired) electrons. The zero-order valence-electron chi connectivity index (χ0n) is 10.1. The van der Waals surface area contributed by atoms with Gasteiger partial charge in [-0.2, -0.15) is 0 Å². The SMILES string of the molecule is COC1(CC2CCCCCC2)CCNC1. The minimum absolute atomic E-state index is 0.176. The maximum Gasteiger partial charge on any atom is 0.0817 e. The smallest absolute Gasteiger partial charge is 0.0817 e. The van der Waals surface area contributed by atoms with Gasteiger partial charge in [0.2, 0.25) is 0 Å². The summed E-state index contributed by atoms with van der Waals surface area (Å²) in [5.74, 6) is 0.923. The summed E-state index contributed by atoms with van der Waals surface area (Å²) in [5.41, 5.74) is 0.176. The van der Waals surface area contributed by atoms with Gasteiger partial charge in [0.05, 0.1) is 5.60 Å². The summed E-state index contributed by atoms with van der Waals surface area (Å²) < 4.78 is 5.78. The van der Waals surface area contributed by atoms with E-state index in [-0.39, 0.29) is 5.60 Å². The minimum atomic E-state index is 0.176. The Hall–Kier alpha value is -0.0800. The summed E-state index contributed by atoms with van der Waals surface area (Å²) in [4.78, 5) is 0. The molecule has 1 saturated heterocycles. The van der Waals surface area contributed by atoms with E-state index in [1.165, 1.54) is 51.4 Å². The molecule has 0 amide bonds. The second-order valence-electron chi connectivity index (χ2n) is 5.38. The van der Waals surface area contributed by atoms with E-state index in [1.54, 1.807) is 0 Å². The highest BCUT2D eigenvalue weighted by molar-refractivity contribution is 4.91. The average molecular weight is 211 g/mol. The highest BCUT2D eigenvalue weighted by atomic mass is 16.5. The molecule has 1 N–H and O–H groups in total. The fraction of sp³-hybridized carbons (Fsp3) is 1.00. The van der Waals surface area contributed by atoms with E-state index in [0.29, 0.717) is 0 Å². The van der Waals surface area contributed by atoms with Gasteiger partial charge in [0.15, 0.2) is 0 Å². The molecule has 88 valence electrons. The van der Waals surface area contributed by atoms with Gasteiger partial charge in [-0.05, 0) is 25.3 Å². The number of hydrogen-bond donors (Lipinski definition) is 1. The summed E-state index contributed by atoms with van der Waals surface area (Å²) in [5, 5.41) is 3.44. The Bertz CT molecular complexity index is 179. The predicted molar refractivity (Wildman–Crippen MR) is 63.0 cm³/mol. The van der Waals surface area contributed by atoms with Gasteiger partial charge in [-0.1, -0.05) is 38.5 Å². The third-order valence-electron chi connectivity index (χ3n) is 4.27. The summed E-state index contributed by atoms with van der Waals surface area (Å²) in [6, 6.07) is 0. The normalized spacial score (nSPS) is 34.2. The van der Waals surface area contributed by atoms with Crippen LogP contribution in [0.15, 0.2) is 0 Å². The highest BCUT2D eigenvalue weighted by Crippen LogP contribution is 2.34. The molecule has 1 saturated carbocycles. The summed E-state index contributed by atoms with van der Waals surface area (Å²) >= 11 is 0. The van der Waals surface area contributed by atoms with Crippen LogP contribution in [0.4, 0.5) is 0 Å². The van der Waals surface area contributed by atoms with Crippen LogP contribution in [-0.2, 0) is 4.74 Å². The van der Waals surface area contributed by atoms with Crippen molar-refractivity contribution in [2.75, 3.05) is 20.2 Å². The maximum atomic E-state index is 5.78. The molecule has 15 heavy (non-hydrogen) atoms. The first-order valence-corrected chi connectivity index (χ1v) is 6.60. The second kappa shape index (κ2) is 5.31. The Morgan fingerprint density at radius 1 is 1.20 bits per heavy atom. The third-order valence-corrected chi connectivity index (χ3v) is 4.27. The molecule has 2 rings (SSSR count). The molecular weight excluding hydrogens is 186 g/mol. The lowest BCUT2D eigenvalue weighted by molar-refractivity contribution is -0.0143. The van der Waals surface area contributed by atoms with Crippen molar-refractivity contribution in [3.8, 4) is 0 Å². The van der Waals surface area contributed by atoms with Crippen LogP contribution in [0.1, 0.15) is 51.4 Å². The molecule has 0 aromatic rings. The van der Waals surface area contributed by atoms with Crippen LogP contribution in [0.3, 0.4) is 0 Å². The predicted octanol–water partition coefficient (Wildman–Crippen LogP) is 2.73. The molecule has 2 aliphatic rings. The van der Waals surface area contributed by atoms with E-state index in [9.17, 15) is 0 Å². The lowest BCUT2D eigenvalue weighted by atomic mass is 9.85. The van der Waals surface area contributed by atoms with E-state index < -0.39 is 0 Å². The molecule has 0 bridgehead atoms. The standard InChI is InChI=1S/C13H25NO/c1-15-13(8-9-14-11-13)10-12-6-4-2-3-5-7-12/h12,14H,2-11H2,1H3. The molecule has 0 aromatic heterocycles. The van der Waals surface area contributed by atoms with Crippen molar-refractivity contribution in [3.05, 3.63) is 0 Å². The van der Waals surface area contributed by atoms with Gasteiger partial charge in [0.1, 0.15) is 0 Å². The first kappa shape index (κ1) is 11.4. The molecule has 1 unspecified atom stereocenters. The number of nitrogens with one attached hydrogen (secondary N) is 1. The zero-order chi connectivity index (χ0) is 10.6. The summed E-state index contributed by atoms with van der Waals surface area (Å²) in [6.07, 6.45) is 11.2. The molecule has 1 aliphatic carbocycles. The number of ether oxygens (including phenoxy) is 1. The summed E-state index contributed by atoms with van der Waals surface area (Å²) in [6.45, 7) is 2.21. The average Bonchev–Trinajstić information content (AvgIpc) is 2.57. The van der Waals surface area contributed by atoms with Crippen molar-refractivity contribution in [1.29, 1.82) is 0 Å². The molecule has 0 aromatic carbocycles.